The second-order valence-corrected chi connectivity index (χ2v) is 4.54. The number of carbonyl (C=O) groups excluding carboxylic acids is 2. The number of nitrogens with zero attached hydrogens (tertiary/aromatic N) is 1. The van der Waals surface area contributed by atoms with E-state index in [0.717, 1.165) is 5.56 Å². The molecule has 0 saturated heterocycles. The highest BCUT2D eigenvalue weighted by atomic mass is 32.1. The smallest absolute Gasteiger partial charge is 0.337 e. The summed E-state index contributed by atoms with van der Waals surface area (Å²) in [5.41, 5.74) is 1.31. The van der Waals surface area contributed by atoms with Crippen molar-refractivity contribution in [3.05, 3.63) is 58.1 Å². The molecule has 0 amide bonds. The van der Waals surface area contributed by atoms with Gasteiger partial charge in [-0.15, -0.1) is 11.3 Å². The van der Waals surface area contributed by atoms with Crippen LogP contribution in [0.3, 0.4) is 0 Å². The Balaban J connectivity index is 2.07. The first-order valence-electron chi connectivity index (χ1n) is 5.51. The van der Waals surface area contributed by atoms with Crippen LogP contribution in [0.2, 0.25) is 0 Å². The Bertz CT molecular complexity index is 600. The van der Waals surface area contributed by atoms with E-state index in [1.807, 2.05) is 0 Å². The lowest BCUT2D eigenvalue weighted by Crippen LogP contribution is -2.00. The number of methoxy groups -OCH3 is 1. The van der Waals surface area contributed by atoms with Crippen molar-refractivity contribution in [1.29, 1.82) is 0 Å². The van der Waals surface area contributed by atoms with E-state index < -0.39 is 0 Å². The van der Waals surface area contributed by atoms with Gasteiger partial charge in [0.15, 0.2) is 5.01 Å². The summed E-state index contributed by atoms with van der Waals surface area (Å²) in [6, 6.07) is 6.80. The molecule has 0 N–H and O–H groups in total. The van der Waals surface area contributed by atoms with Gasteiger partial charge >= 0.3 is 5.97 Å². The minimum absolute atomic E-state index is 0.132. The highest BCUT2D eigenvalue weighted by molar-refractivity contribution is 7.11. The molecule has 0 saturated carbocycles. The van der Waals surface area contributed by atoms with Crippen LogP contribution in [0.5, 0.6) is 0 Å². The van der Waals surface area contributed by atoms with E-state index in [9.17, 15) is 9.59 Å². The molecule has 19 heavy (non-hydrogen) atoms. The minimum atomic E-state index is -0.380. The van der Waals surface area contributed by atoms with Crippen molar-refractivity contribution >= 4 is 29.2 Å². The van der Waals surface area contributed by atoms with Gasteiger partial charge in [-0.3, -0.25) is 4.79 Å². The molecule has 2 aromatic rings. The van der Waals surface area contributed by atoms with Crippen LogP contribution in [0, 0.1) is 0 Å². The van der Waals surface area contributed by atoms with Gasteiger partial charge in [-0.05, 0) is 23.8 Å². The average Bonchev–Trinajstić information content (AvgIpc) is 2.98. The van der Waals surface area contributed by atoms with Crippen molar-refractivity contribution in [2.45, 2.75) is 0 Å². The largest absolute Gasteiger partial charge is 0.465 e. The standard InChI is InChI=1S/C14H11NO3S/c1-18-14(17)11-5-2-10(3-6-11)4-7-12(16)13-15-8-9-19-13/h2-9H,1H3. The zero-order valence-corrected chi connectivity index (χ0v) is 11.0. The predicted molar refractivity (Wildman–Crippen MR) is 73.3 cm³/mol. The molecule has 0 unspecified atom stereocenters. The number of aromatic nitrogens is 1. The number of allylic oxidation sites excluding steroid dienone is 1. The highest BCUT2D eigenvalue weighted by Crippen LogP contribution is 2.10. The molecule has 0 spiro atoms. The maximum Gasteiger partial charge on any atom is 0.337 e. The first-order chi connectivity index (χ1) is 9.20. The fourth-order valence-electron chi connectivity index (χ4n) is 1.44. The summed E-state index contributed by atoms with van der Waals surface area (Å²) in [5.74, 6) is -0.513. The third-order valence-electron chi connectivity index (χ3n) is 2.40. The molecular formula is C14H11NO3S. The maximum atomic E-state index is 11.7. The molecule has 1 aromatic carbocycles. The van der Waals surface area contributed by atoms with Crippen LogP contribution in [0.15, 0.2) is 41.9 Å². The Labute approximate surface area is 114 Å². The minimum Gasteiger partial charge on any atom is -0.465 e. The van der Waals surface area contributed by atoms with Crippen molar-refractivity contribution < 1.29 is 14.3 Å². The van der Waals surface area contributed by atoms with Crippen LogP contribution in [-0.4, -0.2) is 23.8 Å². The third kappa shape index (κ3) is 3.35. The number of ether oxygens (including phenoxy) is 1. The number of hydrogen-bond donors (Lipinski definition) is 0. The van der Waals surface area contributed by atoms with Crippen molar-refractivity contribution in [2.75, 3.05) is 7.11 Å². The molecule has 0 aliphatic carbocycles. The van der Waals surface area contributed by atoms with Gasteiger partial charge in [0.1, 0.15) is 0 Å². The molecule has 0 atom stereocenters. The lowest BCUT2D eigenvalue weighted by Gasteiger charge is -1.99. The van der Waals surface area contributed by atoms with E-state index in [2.05, 4.69) is 9.72 Å². The van der Waals surface area contributed by atoms with E-state index in [0.29, 0.717) is 10.6 Å². The number of hydrogen-bond acceptors (Lipinski definition) is 5. The second-order valence-electron chi connectivity index (χ2n) is 3.65. The number of thiazole rings is 1. The van der Waals surface area contributed by atoms with Gasteiger partial charge in [-0.25, -0.2) is 9.78 Å². The molecule has 1 heterocycles. The van der Waals surface area contributed by atoms with Gasteiger partial charge in [0.2, 0.25) is 5.78 Å². The van der Waals surface area contributed by atoms with E-state index in [4.69, 9.17) is 0 Å². The topological polar surface area (TPSA) is 56.3 Å². The molecule has 0 fully saturated rings. The molecular weight excluding hydrogens is 262 g/mol. The van der Waals surface area contributed by atoms with Crippen molar-refractivity contribution in [3.63, 3.8) is 0 Å². The SMILES string of the molecule is COC(=O)c1ccc(C=CC(=O)c2nccs2)cc1. The lowest BCUT2D eigenvalue weighted by molar-refractivity contribution is 0.0600. The van der Waals surface area contributed by atoms with Crippen molar-refractivity contribution in [2.24, 2.45) is 0 Å². The van der Waals surface area contributed by atoms with Gasteiger partial charge in [-0.1, -0.05) is 18.2 Å². The Kier molecular flexibility index (Phi) is 4.20. The predicted octanol–water partition coefficient (Wildman–Crippen LogP) is 2.83. The molecule has 4 nitrogen and oxygen atoms in total. The zero-order valence-electron chi connectivity index (χ0n) is 10.2. The molecule has 0 radical (unpaired) electrons. The Morgan fingerprint density at radius 1 is 1.26 bits per heavy atom. The van der Waals surface area contributed by atoms with Gasteiger partial charge in [0.05, 0.1) is 12.7 Å². The Morgan fingerprint density at radius 2 is 2.00 bits per heavy atom. The fourth-order valence-corrected chi connectivity index (χ4v) is 1.99. The van der Waals surface area contributed by atoms with E-state index in [-0.39, 0.29) is 11.8 Å². The molecule has 0 aliphatic rings. The first-order valence-corrected chi connectivity index (χ1v) is 6.39. The molecule has 0 aliphatic heterocycles. The second kappa shape index (κ2) is 6.06. The van der Waals surface area contributed by atoms with Crippen LogP contribution in [0.4, 0.5) is 0 Å². The summed E-state index contributed by atoms with van der Waals surface area (Å²) in [5, 5.41) is 2.22. The summed E-state index contributed by atoms with van der Waals surface area (Å²) in [4.78, 5) is 26.9. The quantitative estimate of drug-likeness (QED) is 0.488. The Morgan fingerprint density at radius 3 is 2.58 bits per heavy atom. The van der Waals surface area contributed by atoms with Crippen LogP contribution in [0.25, 0.3) is 6.08 Å². The summed E-state index contributed by atoms with van der Waals surface area (Å²) in [6.45, 7) is 0. The van der Waals surface area contributed by atoms with Crippen molar-refractivity contribution in [3.8, 4) is 0 Å². The maximum absolute atomic E-state index is 11.7. The number of esters is 1. The normalized spacial score (nSPS) is 10.6. The monoisotopic (exact) mass is 273 g/mol. The van der Waals surface area contributed by atoms with Gasteiger partial charge < -0.3 is 4.74 Å². The van der Waals surface area contributed by atoms with E-state index in [1.165, 1.54) is 24.5 Å². The van der Waals surface area contributed by atoms with Crippen LogP contribution in [0.1, 0.15) is 25.7 Å². The average molecular weight is 273 g/mol. The summed E-state index contributed by atoms with van der Waals surface area (Å²) >= 11 is 1.30. The summed E-state index contributed by atoms with van der Waals surface area (Å²) in [6.07, 6.45) is 4.74. The first kappa shape index (κ1) is 13.2. The number of rotatable bonds is 4. The summed E-state index contributed by atoms with van der Waals surface area (Å²) < 4.78 is 4.61. The lowest BCUT2D eigenvalue weighted by atomic mass is 10.1. The van der Waals surface area contributed by atoms with Crippen molar-refractivity contribution in [1.82, 2.24) is 4.98 Å². The fraction of sp³-hybridized carbons (Fsp3) is 0.0714. The van der Waals surface area contributed by atoms with Gasteiger partial charge in [0, 0.05) is 11.6 Å². The number of benzene rings is 1. The van der Waals surface area contributed by atoms with Crippen LogP contribution >= 0.6 is 11.3 Å². The molecule has 1 aromatic heterocycles. The molecule has 5 heteroatoms. The highest BCUT2D eigenvalue weighted by Gasteiger charge is 2.05. The van der Waals surface area contributed by atoms with Crippen LogP contribution < -0.4 is 0 Å². The van der Waals surface area contributed by atoms with Gasteiger partial charge in [-0.2, -0.15) is 0 Å². The Hall–Kier alpha value is -2.27. The van der Waals surface area contributed by atoms with Crippen LogP contribution in [-0.2, 0) is 4.74 Å². The van der Waals surface area contributed by atoms with Gasteiger partial charge in [0.25, 0.3) is 0 Å². The summed E-state index contributed by atoms with van der Waals surface area (Å²) in [7, 11) is 1.34. The molecule has 0 bridgehead atoms. The zero-order chi connectivity index (χ0) is 13.7. The number of carbonyl (C=O) groups is 2. The van der Waals surface area contributed by atoms with E-state index in [1.54, 1.807) is 41.9 Å². The van der Waals surface area contributed by atoms with E-state index >= 15 is 0 Å². The molecule has 2 rings (SSSR count). The third-order valence-corrected chi connectivity index (χ3v) is 3.19. The molecule has 96 valence electrons. The number of ketones is 1.